The average molecular weight is 474 g/mol. The third kappa shape index (κ3) is 5.22. The lowest BCUT2D eigenvalue weighted by Gasteiger charge is -2.33. The minimum atomic E-state index is -0.195. The molecular weight excluding hydrogens is 441 g/mol. The maximum Gasteiger partial charge on any atom is 0.254 e. The highest BCUT2D eigenvalue weighted by molar-refractivity contribution is 5.97. The average Bonchev–Trinajstić information content (AvgIpc) is 2.90. The van der Waals surface area contributed by atoms with Crippen molar-refractivity contribution in [1.29, 1.82) is 0 Å². The molecule has 2 aromatic carbocycles. The molecule has 182 valence electrons. The standard InChI is InChI=1S/C29H32FN3O2/c1-21-25(8-5-11-28(21)32-16-18-35-19-17-32)29(34)33-14-12-22(13-15-33)27-10-4-7-24(31-27)20-23-6-2-3-9-26(23)30/h2-11,22H,12-20H2,1H3. The van der Waals surface area contributed by atoms with E-state index in [2.05, 4.69) is 24.0 Å². The number of carbonyl (C=O) groups excluding carboxylic acids is 1. The van der Waals surface area contributed by atoms with E-state index in [0.29, 0.717) is 31.0 Å². The molecule has 2 aliphatic heterocycles. The van der Waals surface area contributed by atoms with Gasteiger partial charge in [-0.25, -0.2) is 4.39 Å². The SMILES string of the molecule is Cc1c(C(=O)N2CCC(c3cccc(Cc4ccccc4F)n3)CC2)cccc1N1CCOCC1. The van der Waals surface area contributed by atoms with E-state index in [4.69, 9.17) is 9.72 Å². The van der Waals surface area contributed by atoms with Crippen LogP contribution in [0.2, 0.25) is 0 Å². The first-order valence-electron chi connectivity index (χ1n) is 12.5. The van der Waals surface area contributed by atoms with Crippen molar-refractivity contribution in [2.75, 3.05) is 44.3 Å². The lowest BCUT2D eigenvalue weighted by Crippen LogP contribution is -2.39. The molecule has 3 heterocycles. The largest absolute Gasteiger partial charge is 0.378 e. The smallest absolute Gasteiger partial charge is 0.254 e. The fourth-order valence-electron chi connectivity index (χ4n) is 5.21. The second-order valence-electron chi connectivity index (χ2n) is 9.44. The summed E-state index contributed by atoms with van der Waals surface area (Å²) in [5.74, 6) is 0.220. The number of carbonyl (C=O) groups is 1. The molecule has 2 saturated heterocycles. The van der Waals surface area contributed by atoms with Gasteiger partial charge in [0.2, 0.25) is 0 Å². The van der Waals surface area contributed by atoms with Crippen LogP contribution in [-0.4, -0.2) is 55.2 Å². The van der Waals surface area contributed by atoms with E-state index in [0.717, 1.165) is 67.3 Å². The van der Waals surface area contributed by atoms with Crippen LogP contribution in [0, 0.1) is 12.7 Å². The monoisotopic (exact) mass is 473 g/mol. The van der Waals surface area contributed by atoms with E-state index < -0.39 is 0 Å². The van der Waals surface area contributed by atoms with E-state index in [1.54, 1.807) is 6.07 Å². The van der Waals surface area contributed by atoms with Crippen molar-refractivity contribution in [1.82, 2.24) is 9.88 Å². The van der Waals surface area contributed by atoms with E-state index in [1.165, 1.54) is 6.07 Å². The number of rotatable bonds is 5. The molecule has 2 fully saturated rings. The molecule has 1 amide bonds. The normalized spacial score (nSPS) is 17.0. The van der Waals surface area contributed by atoms with E-state index in [-0.39, 0.29) is 11.7 Å². The number of benzene rings is 2. The first-order valence-corrected chi connectivity index (χ1v) is 12.5. The number of halogens is 1. The summed E-state index contributed by atoms with van der Waals surface area (Å²) in [6.07, 6.45) is 2.24. The molecule has 0 unspecified atom stereocenters. The van der Waals surface area contributed by atoms with Crippen LogP contribution >= 0.6 is 0 Å². The molecule has 35 heavy (non-hydrogen) atoms. The Kier molecular flexibility index (Phi) is 7.09. The molecular formula is C29H32FN3O2. The van der Waals surface area contributed by atoms with Crippen LogP contribution in [0.5, 0.6) is 0 Å². The van der Waals surface area contributed by atoms with Gasteiger partial charge in [0.15, 0.2) is 0 Å². The molecule has 0 radical (unpaired) electrons. The van der Waals surface area contributed by atoms with Gasteiger partial charge in [0.1, 0.15) is 5.82 Å². The topological polar surface area (TPSA) is 45.7 Å². The van der Waals surface area contributed by atoms with Crippen molar-refractivity contribution in [3.8, 4) is 0 Å². The molecule has 6 heteroatoms. The quantitative estimate of drug-likeness (QED) is 0.525. The first-order chi connectivity index (χ1) is 17.1. The Balaban J connectivity index is 1.24. The highest BCUT2D eigenvalue weighted by atomic mass is 19.1. The van der Waals surface area contributed by atoms with Gasteiger partial charge in [-0.2, -0.15) is 0 Å². The van der Waals surface area contributed by atoms with Gasteiger partial charge in [0.25, 0.3) is 5.91 Å². The fraction of sp³-hybridized carbons (Fsp3) is 0.379. The van der Waals surface area contributed by atoms with Crippen molar-refractivity contribution < 1.29 is 13.9 Å². The molecule has 1 aromatic heterocycles. The number of morpholine rings is 1. The molecule has 5 rings (SSSR count). The van der Waals surface area contributed by atoms with Crippen molar-refractivity contribution in [3.63, 3.8) is 0 Å². The summed E-state index contributed by atoms with van der Waals surface area (Å²) in [5, 5.41) is 0. The molecule has 0 atom stereocenters. The maximum absolute atomic E-state index is 14.1. The highest BCUT2D eigenvalue weighted by Crippen LogP contribution is 2.30. The molecule has 0 bridgehead atoms. The van der Waals surface area contributed by atoms with Crippen LogP contribution in [-0.2, 0) is 11.2 Å². The Morgan fingerprint density at radius 2 is 1.71 bits per heavy atom. The van der Waals surface area contributed by atoms with Gasteiger partial charge in [-0.15, -0.1) is 0 Å². The van der Waals surface area contributed by atoms with Crippen LogP contribution in [0.1, 0.15) is 51.6 Å². The van der Waals surface area contributed by atoms with Gasteiger partial charge in [-0.3, -0.25) is 9.78 Å². The summed E-state index contributed by atoms with van der Waals surface area (Å²) in [7, 11) is 0. The van der Waals surface area contributed by atoms with Crippen molar-refractivity contribution >= 4 is 11.6 Å². The number of pyridine rings is 1. The molecule has 5 nitrogen and oxygen atoms in total. The van der Waals surface area contributed by atoms with Gasteiger partial charge in [-0.1, -0.05) is 30.3 Å². The van der Waals surface area contributed by atoms with Gasteiger partial charge in [-0.05, 0) is 61.2 Å². The summed E-state index contributed by atoms with van der Waals surface area (Å²) in [4.78, 5) is 22.6. The second-order valence-corrected chi connectivity index (χ2v) is 9.44. The zero-order chi connectivity index (χ0) is 24.2. The molecule has 0 N–H and O–H groups in total. The summed E-state index contributed by atoms with van der Waals surface area (Å²) >= 11 is 0. The minimum Gasteiger partial charge on any atom is -0.378 e. The second kappa shape index (κ2) is 10.6. The van der Waals surface area contributed by atoms with Crippen molar-refractivity contribution in [2.24, 2.45) is 0 Å². The summed E-state index contributed by atoms with van der Waals surface area (Å²) in [6, 6.07) is 18.9. The van der Waals surface area contributed by atoms with E-state index in [1.807, 2.05) is 41.3 Å². The van der Waals surface area contributed by atoms with Gasteiger partial charge >= 0.3 is 0 Å². The number of ether oxygens (including phenoxy) is 1. The molecule has 2 aliphatic rings. The lowest BCUT2D eigenvalue weighted by molar-refractivity contribution is 0.0711. The Morgan fingerprint density at radius 1 is 0.971 bits per heavy atom. The number of aromatic nitrogens is 1. The van der Waals surface area contributed by atoms with Gasteiger partial charge < -0.3 is 14.5 Å². The fourth-order valence-corrected chi connectivity index (χ4v) is 5.21. The maximum atomic E-state index is 14.1. The number of likely N-dealkylation sites (tertiary alicyclic amines) is 1. The Bertz CT molecular complexity index is 1180. The Labute approximate surface area is 206 Å². The number of amides is 1. The van der Waals surface area contributed by atoms with Gasteiger partial charge in [0.05, 0.1) is 13.2 Å². The van der Waals surface area contributed by atoms with Crippen molar-refractivity contribution in [2.45, 2.75) is 32.1 Å². The molecule has 0 spiro atoms. The zero-order valence-electron chi connectivity index (χ0n) is 20.3. The van der Waals surface area contributed by atoms with Crippen molar-refractivity contribution in [3.05, 3.63) is 94.6 Å². The Morgan fingerprint density at radius 3 is 2.49 bits per heavy atom. The summed E-state index contributed by atoms with van der Waals surface area (Å²) in [6.45, 7) is 6.63. The van der Waals surface area contributed by atoms with Crippen LogP contribution in [0.25, 0.3) is 0 Å². The van der Waals surface area contributed by atoms with Crippen LogP contribution in [0.15, 0.2) is 60.7 Å². The minimum absolute atomic E-state index is 0.109. The lowest BCUT2D eigenvalue weighted by atomic mass is 9.92. The molecule has 0 saturated carbocycles. The Hall–Kier alpha value is -3.25. The number of hydrogen-bond acceptors (Lipinski definition) is 4. The van der Waals surface area contributed by atoms with E-state index in [9.17, 15) is 9.18 Å². The van der Waals surface area contributed by atoms with Crippen LogP contribution in [0.3, 0.4) is 0 Å². The van der Waals surface area contributed by atoms with Crippen LogP contribution < -0.4 is 4.90 Å². The number of anilines is 1. The van der Waals surface area contributed by atoms with Crippen LogP contribution in [0.4, 0.5) is 10.1 Å². The van der Waals surface area contributed by atoms with E-state index >= 15 is 0 Å². The third-order valence-electron chi connectivity index (χ3n) is 7.25. The number of nitrogens with zero attached hydrogens (tertiary/aromatic N) is 3. The number of piperidine rings is 1. The molecule has 3 aromatic rings. The molecule has 0 aliphatic carbocycles. The van der Waals surface area contributed by atoms with Gasteiger partial charge in [0, 0.05) is 61.2 Å². The number of hydrogen-bond donors (Lipinski definition) is 0. The predicted molar refractivity (Wildman–Crippen MR) is 136 cm³/mol. The summed E-state index contributed by atoms with van der Waals surface area (Å²) < 4.78 is 19.6. The first kappa shape index (κ1) is 23.5. The zero-order valence-corrected chi connectivity index (χ0v) is 20.3. The predicted octanol–water partition coefficient (Wildman–Crippen LogP) is 4.98. The summed E-state index contributed by atoms with van der Waals surface area (Å²) in [5.41, 5.74) is 5.54. The third-order valence-corrected chi connectivity index (χ3v) is 7.25. The highest BCUT2D eigenvalue weighted by Gasteiger charge is 2.27.